The van der Waals surface area contributed by atoms with E-state index in [1.165, 1.54) is 12.7 Å². The molecule has 2 aromatic rings. The van der Waals surface area contributed by atoms with Crippen LogP contribution in [0.4, 0.5) is 0 Å². The molecule has 0 aliphatic carbocycles. The van der Waals surface area contributed by atoms with Gasteiger partial charge in [0.05, 0.1) is 17.5 Å². The summed E-state index contributed by atoms with van der Waals surface area (Å²) >= 11 is 0. The fourth-order valence-corrected chi connectivity index (χ4v) is 5.61. The minimum atomic E-state index is -3.12. The van der Waals surface area contributed by atoms with E-state index in [2.05, 4.69) is 15.2 Å². The highest BCUT2D eigenvalue weighted by Gasteiger charge is 2.47. The number of sulfone groups is 1. The zero-order valence-corrected chi connectivity index (χ0v) is 14.5. The van der Waals surface area contributed by atoms with Crippen LogP contribution in [0, 0.1) is 0 Å². The Hall–Kier alpha value is -2.33. The second-order valence-electron chi connectivity index (χ2n) is 6.46. The van der Waals surface area contributed by atoms with E-state index in [9.17, 15) is 13.2 Å². The summed E-state index contributed by atoms with van der Waals surface area (Å²) in [5.41, 5.74) is 0.478. The van der Waals surface area contributed by atoms with Crippen molar-refractivity contribution in [2.75, 3.05) is 31.6 Å². The molecule has 4 heterocycles. The first-order valence-electron chi connectivity index (χ1n) is 7.97. The third kappa shape index (κ3) is 2.91. The standard InChI is InChI=1S/C15H18N6O3S/c1-19-4-5-21(13-8-25(23,24)7-12(13)19)15(22)11-2-3-16-14(6-11)20-9-17-18-10-20/h2-3,6,9-10,12-13H,4-5,7-8H2,1H3/t12-,13+/m1/s1. The van der Waals surface area contributed by atoms with Crippen molar-refractivity contribution in [2.45, 2.75) is 12.1 Å². The first kappa shape index (κ1) is 16.2. The number of pyridine rings is 1. The number of aromatic nitrogens is 4. The largest absolute Gasteiger partial charge is 0.332 e. The smallest absolute Gasteiger partial charge is 0.254 e. The maximum Gasteiger partial charge on any atom is 0.254 e. The van der Waals surface area contributed by atoms with Crippen LogP contribution in [0.5, 0.6) is 0 Å². The monoisotopic (exact) mass is 362 g/mol. The molecule has 2 aliphatic heterocycles. The highest BCUT2D eigenvalue weighted by Crippen LogP contribution is 2.27. The molecule has 0 aromatic carbocycles. The van der Waals surface area contributed by atoms with E-state index in [4.69, 9.17) is 0 Å². The van der Waals surface area contributed by atoms with Crippen LogP contribution in [0.1, 0.15) is 10.4 Å². The van der Waals surface area contributed by atoms with Gasteiger partial charge in [0.25, 0.3) is 5.91 Å². The molecule has 2 saturated heterocycles. The van der Waals surface area contributed by atoms with E-state index in [1.807, 2.05) is 11.9 Å². The maximum atomic E-state index is 13.0. The topological polar surface area (TPSA) is 101 Å². The molecular weight excluding hydrogens is 344 g/mol. The molecule has 0 unspecified atom stereocenters. The fraction of sp³-hybridized carbons (Fsp3) is 0.467. The van der Waals surface area contributed by atoms with Crippen LogP contribution in [0.2, 0.25) is 0 Å². The van der Waals surface area contributed by atoms with Crippen molar-refractivity contribution in [3.63, 3.8) is 0 Å². The molecule has 4 rings (SSSR count). The van der Waals surface area contributed by atoms with Gasteiger partial charge in [0, 0.05) is 30.9 Å². The van der Waals surface area contributed by atoms with Gasteiger partial charge < -0.3 is 4.90 Å². The summed E-state index contributed by atoms with van der Waals surface area (Å²) in [6.07, 6.45) is 4.57. The molecule has 0 radical (unpaired) electrons. The molecule has 10 heteroatoms. The minimum absolute atomic E-state index is 0.0249. The lowest BCUT2D eigenvalue weighted by Gasteiger charge is -2.42. The zero-order valence-electron chi connectivity index (χ0n) is 13.7. The average Bonchev–Trinajstić information content (AvgIpc) is 3.22. The van der Waals surface area contributed by atoms with Crippen molar-refractivity contribution in [1.82, 2.24) is 29.5 Å². The lowest BCUT2D eigenvalue weighted by molar-refractivity contribution is 0.0410. The Kier molecular flexibility index (Phi) is 3.80. The molecule has 0 spiro atoms. The third-order valence-corrected chi connectivity index (χ3v) is 6.59. The fourth-order valence-electron chi connectivity index (χ4n) is 3.56. The van der Waals surface area contributed by atoms with Crippen molar-refractivity contribution in [3.05, 3.63) is 36.5 Å². The number of carbonyl (C=O) groups excluding carboxylic acids is 1. The number of piperazine rings is 1. The summed E-state index contributed by atoms with van der Waals surface area (Å²) in [5.74, 6) is 0.509. The lowest BCUT2D eigenvalue weighted by atomic mass is 10.0. The first-order valence-corrected chi connectivity index (χ1v) is 9.79. The van der Waals surface area contributed by atoms with Gasteiger partial charge >= 0.3 is 0 Å². The number of hydrogen-bond acceptors (Lipinski definition) is 7. The van der Waals surface area contributed by atoms with Crippen LogP contribution in [-0.2, 0) is 9.84 Å². The lowest BCUT2D eigenvalue weighted by Crippen LogP contribution is -2.59. The zero-order chi connectivity index (χ0) is 17.6. The average molecular weight is 362 g/mol. The van der Waals surface area contributed by atoms with Crippen LogP contribution in [-0.4, -0.2) is 87.6 Å². The molecule has 132 valence electrons. The van der Waals surface area contributed by atoms with E-state index in [0.29, 0.717) is 24.5 Å². The summed E-state index contributed by atoms with van der Waals surface area (Å²) in [4.78, 5) is 21.0. The van der Waals surface area contributed by atoms with Crippen molar-refractivity contribution in [3.8, 4) is 5.82 Å². The molecule has 0 saturated carbocycles. The van der Waals surface area contributed by atoms with Gasteiger partial charge in [-0.15, -0.1) is 10.2 Å². The molecule has 2 atom stereocenters. The quantitative estimate of drug-likeness (QED) is 0.690. The van der Waals surface area contributed by atoms with Gasteiger partial charge in [-0.2, -0.15) is 0 Å². The number of nitrogens with zero attached hydrogens (tertiary/aromatic N) is 6. The van der Waals surface area contributed by atoms with E-state index in [1.54, 1.807) is 27.8 Å². The number of likely N-dealkylation sites (N-methyl/N-ethyl adjacent to an activating group) is 1. The Morgan fingerprint density at radius 1 is 1.16 bits per heavy atom. The van der Waals surface area contributed by atoms with Gasteiger partial charge in [0.2, 0.25) is 0 Å². The van der Waals surface area contributed by atoms with Gasteiger partial charge in [-0.05, 0) is 19.2 Å². The predicted molar refractivity (Wildman–Crippen MR) is 89.1 cm³/mol. The number of amides is 1. The molecule has 9 nitrogen and oxygen atoms in total. The summed E-state index contributed by atoms with van der Waals surface area (Å²) in [6, 6.07) is 2.87. The van der Waals surface area contributed by atoms with E-state index >= 15 is 0 Å². The van der Waals surface area contributed by atoms with Crippen LogP contribution >= 0.6 is 0 Å². The number of fused-ring (bicyclic) bond motifs is 1. The third-order valence-electron chi connectivity index (χ3n) is 4.89. The SMILES string of the molecule is CN1CCN(C(=O)c2ccnc(-n3cnnc3)c2)[C@H]2CS(=O)(=O)C[C@H]21. The molecule has 2 aromatic heterocycles. The minimum Gasteiger partial charge on any atom is -0.332 e. The van der Waals surface area contributed by atoms with Crippen LogP contribution in [0.3, 0.4) is 0 Å². The Bertz CT molecular complexity index is 898. The molecule has 0 N–H and O–H groups in total. The summed E-state index contributed by atoms with van der Waals surface area (Å²) in [6.45, 7) is 1.17. The molecule has 2 fully saturated rings. The Morgan fingerprint density at radius 3 is 2.64 bits per heavy atom. The van der Waals surface area contributed by atoms with E-state index < -0.39 is 9.84 Å². The second kappa shape index (κ2) is 5.88. The van der Waals surface area contributed by atoms with Gasteiger partial charge in [-0.25, -0.2) is 13.4 Å². The van der Waals surface area contributed by atoms with Crippen molar-refractivity contribution in [2.24, 2.45) is 0 Å². The van der Waals surface area contributed by atoms with Crippen molar-refractivity contribution < 1.29 is 13.2 Å². The number of rotatable bonds is 2. The van der Waals surface area contributed by atoms with Crippen LogP contribution in [0.25, 0.3) is 5.82 Å². The Balaban J connectivity index is 1.64. The van der Waals surface area contributed by atoms with Crippen molar-refractivity contribution >= 4 is 15.7 Å². The number of hydrogen-bond donors (Lipinski definition) is 0. The van der Waals surface area contributed by atoms with Gasteiger partial charge in [0.1, 0.15) is 18.5 Å². The molecule has 2 aliphatic rings. The Labute approximate surface area is 145 Å². The first-order chi connectivity index (χ1) is 11.9. The molecule has 0 bridgehead atoms. The summed E-state index contributed by atoms with van der Waals surface area (Å²) < 4.78 is 25.7. The number of carbonyl (C=O) groups is 1. The second-order valence-corrected chi connectivity index (χ2v) is 8.62. The molecular formula is C15H18N6O3S. The summed E-state index contributed by atoms with van der Waals surface area (Å²) in [7, 11) is -1.21. The normalized spacial score (nSPS) is 25.7. The summed E-state index contributed by atoms with van der Waals surface area (Å²) in [5, 5.41) is 7.47. The van der Waals surface area contributed by atoms with Crippen LogP contribution < -0.4 is 0 Å². The highest BCUT2D eigenvalue weighted by atomic mass is 32.2. The van der Waals surface area contributed by atoms with Gasteiger partial charge in [-0.3, -0.25) is 14.3 Å². The van der Waals surface area contributed by atoms with E-state index in [-0.39, 0.29) is 29.5 Å². The predicted octanol–water partition coefficient (Wildman–Crippen LogP) is -0.784. The van der Waals surface area contributed by atoms with Crippen LogP contribution in [0.15, 0.2) is 31.0 Å². The van der Waals surface area contributed by atoms with Gasteiger partial charge in [-0.1, -0.05) is 0 Å². The highest BCUT2D eigenvalue weighted by molar-refractivity contribution is 7.91. The van der Waals surface area contributed by atoms with E-state index in [0.717, 1.165) is 0 Å². The van der Waals surface area contributed by atoms with Crippen molar-refractivity contribution in [1.29, 1.82) is 0 Å². The molecule has 1 amide bonds. The Morgan fingerprint density at radius 2 is 1.88 bits per heavy atom. The molecule has 25 heavy (non-hydrogen) atoms. The maximum absolute atomic E-state index is 13.0. The van der Waals surface area contributed by atoms with Gasteiger partial charge in [0.15, 0.2) is 9.84 Å².